The van der Waals surface area contributed by atoms with Crippen molar-refractivity contribution in [3.8, 4) is 16.8 Å². The van der Waals surface area contributed by atoms with Crippen LogP contribution in [0.1, 0.15) is 0 Å². The molecule has 2 aromatic carbocycles. The highest BCUT2D eigenvalue weighted by Gasteiger charge is 2.10. The van der Waals surface area contributed by atoms with Crippen LogP contribution >= 0.6 is 11.6 Å². The topological polar surface area (TPSA) is 46.5 Å². The zero-order valence-corrected chi connectivity index (χ0v) is 11.7. The van der Waals surface area contributed by atoms with Gasteiger partial charge in [-0.3, -0.25) is 5.10 Å². The van der Waals surface area contributed by atoms with E-state index in [1.165, 1.54) is 0 Å². The van der Waals surface area contributed by atoms with Gasteiger partial charge in [0.1, 0.15) is 0 Å². The van der Waals surface area contributed by atoms with Crippen molar-refractivity contribution in [1.82, 2.24) is 20.0 Å². The Kier molecular flexibility index (Phi) is 2.75. The minimum Gasteiger partial charge on any atom is -0.278 e. The second-order valence-electron chi connectivity index (χ2n) is 4.79. The van der Waals surface area contributed by atoms with Gasteiger partial charge in [-0.05, 0) is 29.8 Å². The van der Waals surface area contributed by atoms with Crippen molar-refractivity contribution < 1.29 is 0 Å². The predicted octanol–water partition coefficient (Wildman–Crippen LogP) is 4.07. The number of hydrogen-bond acceptors (Lipinski definition) is 2. The van der Waals surface area contributed by atoms with Crippen LogP contribution in [0, 0.1) is 0 Å². The van der Waals surface area contributed by atoms with Crippen molar-refractivity contribution in [3.05, 3.63) is 66.1 Å². The van der Waals surface area contributed by atoms with E-state index >= 15 is 0 Å². The van der Waals surface area contributed by atoms with Gasteiger partial charge in [-0.25, -0.2) is 4.68 Å². The molecule has 0 saturated heterocycles. The number of nitrogens with zero attached hydrogens (tertiary/aromatic N) is 3. The minimum absolute atomic E-state index is 0.675. The molecule has 5 heteroatoms. The lowest BCUT2D eigenvalue weighted by Crippen LogP contribution is -1.92. The van der Waals surface area contributed by atoms with Crippen molar-refractivity contribution in [2.45, 2.75) is 0 Å². The van der Waals surface area contributed by atoms with E-state index in [4.69, 9.17) is 11.6 Å². The molecule has 0 spiro atoms. The van der Waals surface area contributed by atoms with Crippen LogP contribution in [0.5, 0.6) is 0 Å². The fourth-order valence-electron chi connectivity index (χ4n) is 2.44. The first kappa shape index (κ1) is 12.2. The van der Waals surface area contributed by atoms with Crippen LogP contribution in [-0.2, 0) is 0 Å². The van der Waals surface area contributed by atoms with E-state index < -0.39 is 0 Å². The van der Waals surface area contributed by atoms with E-state index in [1.54, 1.807) is 6.20 Å². The molecule has 0 fully saturated rings. The number of para-hydroxylation sites is 1. The van der Waals surface area contributed by atoms with Gasteiger partial charge in [0.15, 0.2) is 0 Å². The Hall–Kier alpha value is -2.59. The highest BCUT2D eigenvalue weighted by atomic mass is 35.5. The van der Waals surface area contributed by atoms with Crippen LogP contribution in [0.25, 0.3) is 27.7 Å². The first-order chi connectivity index (χ1) is 10.3. The Labute approximate surface area is 126 Å². The summed E-state index contributed by atoms with van der Waals surface area (Å²) >= 11 is 6.18. The largest absolute Gasteiger partial charge is 0.278 e. The molecule has 4 rings (SSSR count). The quantitative estimate of drug-likeness (QED) is 0.606. The zero-order valence-electron chi connectivity index (χ0n) is 11.0. The molecule has 0 aliphatic heterocycles. The van der Waals surface area contributed by atoms with Crippen molar-refractivity contribution in [3.63, 3.8) is 0 Å². The Morgan fingerprint density at radius 3 is 2.76 bits per heavy atom. The summed E-state index contributed by atoms with van der Waals surface area (Å²) in [7, 11) is 0. The molecule has 21 heavy (non-hydrogen) atoms. The van der Waals surface area contributed by atoms with E-state index in [0.29, 0.717) is 5.02 Å². The number of halogens is 1. The highest BCUT2D eigenvalue weighted by molar-refractivity contribution is 6.31. The Balaban J connectivity index is 1.87. The monoisotopic (exact) mass is 294 g/mol. The molecule has 4 nitrogen and oxygen atoms in total. The average molecular weight is 295 g/mol. The summed E-state index contributed by atoms with van der Waals surface area (Å²) in [6.45, 7) is 0. The van der Waals surface area contributed by atoms with Crippen LogP contribution in [0.15, 0.2) is 61.1 Å². The maximum atomic E-state index is 6.18. The summed E-state index contributed by atoms with van der Waals surface area (Å²) in [6.07, 6.45) is 5.64. The third-order valence-corrected chi connectivity index (χ3v) is 3.66. The van der Waals surface area contributed by atoms with Crippen molar-refractivity contribution in [2.75, 3.05) is 0 Å². The van der Waals surface area contributed by atoms with Crippen molar-refractivity contribution in [1.29, 1.82) is 0 Å². The lowest BCUT2D eigenvalue weighted by atomic mass is 10.1. The fraction of sp³-hybridized carbons (Fsp3) is 0. The van der Waals surface area contributed by atoms with Gasteiger partial charge in [-0.2, -0.15) is 10.2 Å². The molecule has 102 valence electrons. The number of nitrogens with one attached hydrogen (secondary N) is 1. The van der Waals surface area contributed by atoms with Gasteiger partial charge in [0.2, 0.25) is 0 Å². The van der Waals surface area contributed by atoms with Gasteiger partial charge in [0.05, 0.1) is 23.6 Å². The van der Waals surface area contributed by atoms with Crippen LogP contribution in [-0.4, -0.2) is 20.0 Å². The maximum absolute atomic E-state index is 6.18. The number of benzene rings is 2. The second kappa shape index (κ2) is 4.75. The van der Waals surface area contributed by atoms with Gasteiger partial charge < -0.3 is 0 Å². The molecule has 0 atom stereocenters. The van der Waals surface area contributed by atoms with Gasteiger partial charge in [-0.1, -0.05) is 29.8 Å². The van der Waals surface area contributed by atoms with Crippen LogP contribution in [0.2, 0.25) is 5.02 Å². The number of aromatic nitrogens is 4. The average Bonchev–Trinajstić information content (AvgIpc) is 3.16. The van der Waals surface area contributed by atoms with Gasteiger partial charge in [0.25, 0.3) is 0 Å². The van der Waals surface area contributed by atoms with E-state index in [0.717, 1.165) is 27.7 Å². The zero-order chi connectivity index (χ0) is 14.2. The lowest BCUT2D eigenvalue weighted by Gasteiger charge is -2.02. The summed E-state index contributed by atoms with van der Waals surface area (Å²) in [4.78, 5) is 0. The molecule has 0 aliphatic rings. The fourth-order valence-corrected chi connectivity index (χ4v) is 2.66. The maximum Gasteiger partial charge on any atom is 0.0671 e. The van der Waals surface area contributed by atoms with Crippen LogP contribution < -0.4 is 0 Å². The SMILES string of the molecule is Clc1cc(-c2cnn(-c3ccccc3)c2)c2cn[nH]c2c1. The molecule has 0 saturated carbocycles. The number of rotatable bonds is 2. The van der Waals surface area contributed by atoms with Gasteiger partial charge >= 0.3 is 0 Å². The molecule has 0 bridgehead atoms. The highest BCUT2D eigenvalue weighted by Crippen LogP contribution is 2.31. The van der Waals surface area contributed by atoms with Crippen molar-refractivity contribution >= 4 is 22.5 Å². The molecule has 4 aromatic rings. The Bertz CT molecular complexity index is 908. The summed E-state index contributed by atoms with van der Waals surface area (Å²) in [5.41, 5.74) is 3.97. The normalized spacial score (nSPS) is 11.1. The van der Waals surface area contributed by atoms with E-state index in [9.17, 15) is 0 Å². The molecule has 2 heterocycles. The molecule has 0 unspecified atom stereocenters. The van der Waals surface area contributed by atoms with Gasteiger partial charge in [0, 0.05) is 22.2 Å². The van der Waals surface area contributed by atoms with E-state index in [-0.39, 0.29) is 0 Å². The minimum atomic E-state index is 0.675. The van der Waals surface area contributed by atoms with E-state index in [2.05, 4.69) is 15.3 Å². The summed E-state index contributed by atoms with van der Waals surface area (Å²) in [5.74, 6) is 0. The third-order valence-electron chi connectivity index (χ3n) is 3.44. The number of aromatic amines is 1. The lowest BCUT2D eigenvalue weighted by molar-refractivity contribution is 0.881. The summed E-state index contributed by atoms with van der Waals surface area (Å²) in [5, 5.41) is 13.2. The molecular weight excluding hydrogens is 284 g/mol. The first-order valence-corrected chi connectivity index (χ1v) is 6.92. The number of H-pyrrole nitrogens is 1. The van der Waals surface area contributed by atoms with Crippen LogP contribution in [0.4, 0.5) is 0 Å². The molecule has 0 amide bonds. The molecular formula is C16H11ClN4. The Morgan fingerprint density at radius 1 is 1.05 bits per heavy atom. The Morgan fingerprint density at radius 2 is 1.90 bits per heavy atom. The second-order valence-corrected chi connectivity index (χ2v) is 5.23. The smallest absolute Gasteiger partial charge is 0.0671 e. The third kappa shape index (κ3) is 2.10. The van der Waals surface area contributed by atoms with E-state index in [1.807, 2.05) is 59.5 Å². The molecule has 0 radical (unpaired) electrons. The number of hydrogen-bond donors (Lipinski definition) is 1. The summed E-state index contributed by atoms with van der Waals surface area (Å²) in [6, 6.07) is 13.8. The molecule has 0 aliphatic carbocycles. The van der Waals surface area contributed by atoms with Gasteiger partial charge in [-0.15, -0.1) is 0 Å². The van der Waals surface area contributed by atoms with Crippen molar-refractivity contribution in [2.24, 2.45) is 0 Å². The first-order valence-electron chi connectivity index (χ1n) is 6.54. The molecule has 1 N–H and O–H groups in total. The molecule has 2 aromatic heterocycles. The van der Waals surface area contributed by atoms with Crippen LogP contribution in [0.3, 0.4) is 0 Å². The summed E-state index contributed by atoms with van der Waals surface area (Å²) < 4.78 is 1.85. The number of fused-ring (bicyclic) bond motifs is 1. The standard InChI is InChI=1S/C16H11ClN4/c17-12-6-14(15-9-18-20-16(15)7-12)11-8-19-21(10-11)13-4-2-1-3-5-13/h1-10H,(H,18,20). The predicted molar refractivity (Wildman–Crippen MR) is 83.7 cm³/mol.